The Hall–Kier alpha value is -1.99. The zero-order valence-electron chi connectivity index (χ0n) is 14.7. The number of ether oxygens (including phenoxy) is 1. The van der Waals surface area contributed by atoms with Gasteiger partial charge in [0.15, 0.2) is 5.96 Å². The van der Waals surface area contributed by atoms with Crippen LogP contribution in [0, 0.1) is 0 Å². The van der Waals surface area contributed by atoms with E-state index in [0.29, 0.717) is 38.7 Å². The molecule has 1 saturated carbocycles. The molecule has 8 heteroatoms. The number of hydrogen-bond acceptors (Lipinski definition) is 4. The van der Waals surface area contributed by atoms with Gasteiger partial charge in [0.25, 0.3) is 0 Å². The highest BCUT2D eigenvalue weighted by Crippen LogP contribution is 2.18. The molecule has 0 bridgehead atoms. The highest BCUT2D eigenvalue weighted by molar-refractivity contribution is 5.80. The predicted octanol–water partition coefficient (Wildman–Crippen LogP) is 0.395. The minimum absolute atomic E-state index is 0.136. The largest absolute Gasteiger partial charge is 0.450 e. The summed E-state index contributed by atoms with van der Waals surface area (Å²) in [5.74, 6) is 0.957. The van der Waals surface area contributed by atoms with Crippen LogP contribution in [0.15, 0.2) is 4.99 Å². The predicted molar refractivity (Wildman–Crippen MR) is 91.9 cm³/mol. The van der Waals surface area contributed by atoms with Gasteiger partial charge in [-0.05, 0) is 26.2 Å². The Balaban J connectivity index is 1.63. The molecule has 0 atom stereocenters. The van der Waals surface area contributed by atoms with Crippen molar-refractivity contribution in [3.8, 4) is 0 Å². The number of piperazine rings is 1. The third-order valence-corrected chi connectivity index (χ3v) is 4.12. The number of nitrogens with one attached hydrogen (secondary N) is 2. The molecule has 136 valence electrons. The van der Waals surface area contributed by atoms with Gasteiger partial charge in [-0.15, -0.1) is 0 Å². The van der Waals surface area contributed by atoms with Crippen LogP contribution in [-0.4, -0.2) is 80.2 Å². The standard InChI is InChI=1S/C16H29N5O3/c1-3-24-16(23)21-11-9-20(10-12-21)15(17-2)18-8-4-5-14(22)19-13-6-7-13/h13H,3-12H2,1-2H3,(H,17,18)(H,19,22). The molecule has 2 amide bonds. The second-order valence-electron chi connectivity index (χ2n) is 6.09. The molecule has 0 aromatic rings. The number of carbonyl (C=O) groups is 2. The van der Waals surface area contributed by atoms with Crippen LogP contribution < -0.4 is 10.6 Å². The smallest absolute Gasteiger partial charge is 0.409 e. The van der Waals surface area contributed by atoms with E-state index in [-0.39, 0.29) is 12.0 Å². The van der Waals surface area contributed by atoms with E-state index in [2.05, 4.69) is 20.5 Å². The molecule has 24 heavy (non-hydrogen) atoms. The maximum absolute atomic E-state index is 11.7. The Morgan fingerprint density at radius 2 is 1.83 bits per heavy atom. The number of hydrogen-bond donors (Lipinski definition) is 2. The fourth-order valence-corrected chi connectivity index (χ4v) is 2.62. The molecular weight excluding hydrogens is 310 g/mol. The first-order valence-corrected chi connectivity index (χ1v) is 8.80. The Bertz CT molecular complexity index is 457. The summed E-state index contributed by atoms with van der Waals surface area (Å²) in [4.78, 5) is 31.5. The molecule has 0 aromatic carbocycles. The summed E-state index contributed by atoms with van der Waals surface area (Å²) in [5, 5.41) is 6.28. The molecule has 0 spiro atoms. The number of aliphatic imine (C=N–C) groups is 1. The van der Waals surface area contributed by atoms with Crippen LogP contribution in [0.4, 0.5) is 4.79 Å². The zero-order chi connectivity index (χ0) is 17.4. The molecule has 0 unspecified atom stereocenters. The minimum atomic E-state index is -0.248. The average molecular weight is 339 g/mol. The number of rotatable bonds is 6. The van der Waals surface area contributed by atoms with Gasteiger partial charge < -0.3 is 25.2 Å². The lowest BCUT2D eigenvalue weighted by molar-refractivity contribution is -0.121. The van der Waals surface area contributed by atoms with Crippen molar-refractivity contribution >= 4 is 18.0 Å². The molecule has 2 rings (SSSR count). The summed E-state index contributed by atoms with van der Waals surface area (Å²) in [5.41, 5.74) is 0. The molecule has 1 aliphatic heterocycles. The lowest BCUT2D eigenvalue weighted by Crippen LogP contribution is -2.54. The summed E-state index contributed by atoms with van der Waals surface area (Å²) in [6.45, 7) is 5.62. The third kappa shape index (κ3) is 5.90. The summed E-state index contributed by atoms with van der Waals surface area (Å²) >= 11 is 0. The molecule has 1 aliphatic carbocycles. The van der Waals surface area contributed by atoms with Crippen molar-refractivity contribution in [1.29, 1.82) is 0 Å². The van der Waals surface area contributed by atoms with Crippen molar-refractivity contribution in [2.75, 3.05) is 46.4 Å². The van der Waals surface area contributed by atoms with Gasteiger partial charge in [0.1, 0.15) is 0 Å². The Kier molecular flexibility index (Phi) is 7.14. The van der Waals surface area contributed by atoms with Crippen LogP contribution >= 0.6 is 0 Å². The van der Waals surface area contributed by atoms with Crippen molar-refractivity contribution in [3.63, 3.8) is 0 Å². The van der Waals surface area contributed by atoms with Gasteiger partial charge in [0.05, 0.1) is 6.61 Å². The van der Waals surface area contributed by atoms with Crippen LogP contribution in [0.2, 0.25) is 0 Å². The van der Waals surface area contributed by atoms with Gasteiger partial charge in [0.2, 0.25) is 5.91 Å². The van der Waals surface area contributed by atoms with E-state index < -0.39 is 0 Å². The van der Waals surface area contributed by atoms with Crippen LogP contribution in [0.25, 0.3) is 0 Å². The van der Waals surface area contributed by atoms with Crippen molar-refractivity contribution in [2.24, 2.45) is 4.99 Å². The van der Waals surface area contributed by atoms with E-state index in [9.17, 15) is 9.59 Å². The number of nitrogens with zero attached hydrogens (tertiary/aromatic N) is 3. The third-order valence-electron chi connectivity index (χ3n) is 4.12. The molecule has 0 aromatic heterocycles. The van der Waals surface area contributed by atoms with E-state index in [1.807, 2.05) is 6.92 Å². The molecule has 1 saturated heterocycles. The van der Waals surface area contributed by atoms with Gasteiger partial charge >= 0.3 is 6.09 Å². The lowest BCUT2D eigenvalue weighted by Gasteiger charge is -2.35. The van der Waals surface area contributed by atoms with E-state index in [0.717, 1.165) is 38.3 Å². The van der Waals surface area contributed by atoms with Crippen molar-refractivity contribution in [1.82, 2.24) is 20.4 Å². The summed E-state index contributed by atoms with van der Waals surface area (Å²) in [7, 11) is 1.75. The number of amides is 2. The van der Waals surface area contributed by atoms with Crippen molar-refractivity contribution in [3.05, 3.63) is 0 Å². The molecule has 2 fully saturated rings. The first-order valence-electron chi connectivity index (χ1n) is 8.80. The quantitative estimate of drug-likeness (QED) is 0.415. The molecule has 2 aliphatic rings. The van der Waals surface area contributed by atoms with E-state index in [4.69, 9.17) is 4.74 Å². The number of carbonyl (C=O) groups excluding carboxylic acids is 2. The normalized spacial score (nSPS) is 18.3. The lowest BCUT2D eigenvalue weighted by atomic mass is 10.3. The molecule has 8 nitrogen and oxygen atoms in total. The summed E-state index contributed by atoms with van der Waals surface area (Å²) in [6.07, 6.45) is 3.31. The van der Waals surface area contributed by atoms with Crippen LogP contribution in [0.5, 0.6) is 0 Å². The number of guanidine groups is 1. The first-order chi connectivity index (χ1) is 11.6. The Labute approximate surface area is 143 Å². The summed E-state index contributed by atoms with van der Waals surface area (Å²) in [6, 6.07) is 0.425. The topological polar surface area (TPSA) is 86.3 Å². The average Bonchev–Trinajstić information content (AvgIpc) is 3.39. The van der Waals surface area contributed by atoms with Crippen LogP contribution in [0.3, 0.4) is 0 Å². The van der Waals surface area contributed by atoms with Gasteiger partial charge in [-0.3, -0.25) is 9.79 Å². The van der Waals surface area contributed by atoms with Gasteiger partial charge in [-0.1, -0.05) is 0 Å². The Morgan fingerprint density at radius 3 is 2.42 bits per heavy atom. The highest BCUT2D eigenvalue weighted by Gasteiger charge is 2.24. The van der Waals surface area contributed by atoms with Crippen molar-refractivity contribution < 1.29 is 14.3 Å². The zero-order valence-corrected chi connectivity index (χ0v) is 14.7. The van der Waals surface area contributed by atoms with Gasteiger partial charge in [0, 0.05) is 52.2 Å². The maximum Gasteiger partial charge on any atom is 0.409 e. The van der Waals surface area contributed by atoms with E-state index >= 15 is 0 Å². The van der Waals surface area contributed by atoms with E-state index in [1.165, 1.54) is 0 Å². The van der Waals surface area contributed by atoms with E-state index in [1.54, 1.807) is 11.9 Å². The first kappa shape index (κ1) is 18.4. The fourth-order valence-electron chi connectivity index (χ4n) is 2.62. The Morgan fingerprint density at radius 1 is 1.17 bits per heavy atom. The molecular formula is C16H29N5O3. The second kappa shape index (κ2) is 9.34. The minimum Gasteiger partial charge on any atom is -0.450 e. The fraction of sp³-hybridized carbons (Fsp3) is 0.812. The van der Waals surface area contributed by atoms with Crippen LogP contribution in [0.1, 0.15) is 32.6 Å². The van der Waals surface area contributed by atoms with Gasteiger partial charge in [-0.2, -0.15) is 0 Å². The molecule has 1 heterocycles. The molecule has 0 radical (unpaired) electrons. The summed E-state index contributed by atoms with van der Waals surface area (Å²) < 4.78 is 5.02. The molecule has 2 N–H and O–H groups in total. The SMILES string of the molecule is CCOC(=O)N1CCN(C(=NC)NCCCC(=O)NC2CC2)CC1. The maximum atomic E-state index is 11.7. The van der Waals surface area contributed by atoms with Gasteiger partial charge in [-0.25, -0.2) is 4.79 Å². The highest BCUT2D eigenvalue weighted by atomic mass is 16.6. The monoisotopic (exact) mass is 339 g/mol. The second-order valence-corrected chi connectivity index (χ2v) is 6.09. The van der Waals surface area contributed by atoms with Crippen LogP contribution in [-0.2, 0) is 9.53 Å². The van der Waals surface area contributed by atoms with Crippen molar-refractivity contribution in [2.45, 2.75) is 38.6 Å².